The van der Waals surface area contributed by atoms with Gasteiger partial charge in [-0.15, -0.1) is 56.7 Å². The molecule has 0 fully saturated rings. The second-order valence-electron chi connectivity index (χ2n) is 17.4. The molecule has 9 aromatic rings. The molecule has 4 aromatic carbocycles. The van der Waals surface area contributed by atoms with Crippen molar-refractivity contribution in [3.05, 3.63) is 168 Å². The summed E-state index contributed by atoms with van der Waals surface area (Å²) in [6.07, 6.45) is 14.4. The Morgan fingerprint density at radius 3 is 0.738 bits per heavy atom. The van der Waals surface area contributed by atoms with Gasteiger partial charge in [0.25, 0.3) is 0 Å². The molecule has 9 rings (SSSR count). The molecule has 0 amide bonds. The molecule has 0 bridgehead atoms. The average molecular weight is 941 g/mol. The Morgan fingerprint density at radius 1 is 0.246 bits per heavy atom. The highest BCUT2D eigenvalue weighted by Gasteiger charge is 2.27. The van der Waals surface area contributed by atoms with Gasteiger partial charge < -0.3 is 0 Å². The van der Waals surface area contributed by atoms with E-state index in [4.69, 9.17) is 0 Å². The minimum atomic E-state index is 1.14. The first-order chi connectivity index (χ1) is 32.0. The first-order valence-electron chi connectivity index (χ1n) is 24.0. The molecule has 0 aliphatic heterocycles. The van der Waals surface area contributed by atoms with E-state index < -0.39 is 0 Å². The number of benzene rings is 4. The minimum absolute atomic E-state index is 1.14. The molecule has 0 spiro atoms. The van der Waals surface area contributed by atoms with Crippen LogP contribution in [0.1, 0.15) is 101 Å². The smallest absolute Gasteiger partial charge is 0.0543 e. The zero-order valence-corrected chi connectivity index (χ0v) is 42.5. The van der Waals surface area contributed by atoms with Crippen molar-refractivity contribution in [2.75, 3.05) is 0 Å². The zero-order valence-electron chi connectivity index (χ0n) is 38.4. The molecule has 0 atom stereocenters. The van der Waals surface area contributed by atoms with Crippen LogP contribution in [0.25, 0.3) is 82.2 Å². The summed E-state index contributed by atoms with van der Waals surface area (Å²) in [5.74, 6) is 0. The van der Waals surface area contributed by atoms with Gasteiger partial charge in [-0.3, -0.25) is 0 Å². The van der Waals surface area contributed by atoms with Crippen LogP contribution in [0.5, 0.6) is 0 Å². The highest BCUT2D eigenvalue weighted by molar-refractivity contribution is 7.30. The molecule has 5 heteroatoms. The number of unbranched alkanes of at least 4 members (excludes halogenated alkanes) is 4. The fourth-order valence-electron chi connectivity index (χ4n) is 8.60. The number of aryl methyl sites for hydroxylation is 4. The Bertz CT molecular complexity index is 2690. The summed E-state index contributed by atoms with van der Waals surface area (Å²) in [6, 6.07) is 56.4. The second-order valence-corrected chi connectivity index (χ2v) is 22.7. The van der Waals surface area contributed by atoms with E-state index in [2.05, 4.69) is 173 Å². The Hall–Kier alpha value is -4.62. The average Bonchev–Trinajstić information content (AvgIpc) is 4.22. The predicted molar refractivity (Wildman–Crippen MR) is 294 cm³/mol. The maximum Gasteiger partial charge on any atom is 0.0543 e. The van der Waals surface area contributed by atoms with Gasteiger partial charge in [0.05, 0.1) is 9.75 Å². The van der Waals surface area contributed by atoms with E-state index in [1.165, 1.54) is 156 Å². The fourth-order valence-corrected chi connectivity index (χ4v) is 14.5. The number of thiophene rings is 5. The van der Waals surface area contributed by atoms with Gasteiger partial charge in [-0.2, -0.15) is 0 Å². The van der Waals surface area contributed by atoms with Crippen LogP contribution in [0.15, 0.2) is 146 Å². The topological polar surface area (TPSA) is 0 Å². The molecule has 330 valence electrons. The van der Waals surface area contributed by atoms with Crippen LogP contribution < -0.4 is 0 Å². The van der Waals surface area contributed by atoms with E-state index in [-0.39, 0.29) is 0 Å². The van der Waals surface area contributed by atoms with Gasteiger partial charge in [0.2, 0.25) is 0 Å². The molecule has 5 aromatic heterocycles. The monoisotopic (exact) mass is 940 g/mol. The number of hydrogen-bond acceptors (Lipinski definition) is 5. The van der Waals surface area contributed by atoms with Crippen molar-refractivity contribution >= 4 is 56.7 Å². The van der Waals surface area contributed by atoms with Gasteiger partial charge in [0, 0.05) is 50.1 Å². The summed E-state index contributed by atoms with van der Waals surface area (Å²) in [5.41, 5.74) is 13.6. The molecule has 0 saturated heterocycles. The van der Waals surface area contributed by atoms with E-state index in [0.717, 1.165) is 25.7 Å². The molecule has 0 saturated carbocycles. The third kappa shape index (κ3) is 10.7. The van der Waals surface area contributed by atoms with Crippen molar-refractivity contribution in [2.45, 2.75) is 105 Å². The van der Waals surface area contributed by atoms with Crippen LogP contribution in [0.4, 0.5) is 0 Å². The molecular formula is C60H60S5. The first kappa shape index (κ1) is 45.5. The summed E-state index contributed by atoms with van der Waals surface area (Å²) in [5, 5.41) is 0. The molecule has 0 aliphatic carbocycles. The summed E-state index contributed by atoms with van der Waals surface area (Å²) < 4.78 is 0. The molecule has 0 unspecified atom stereocenters. The molecular weight excluding hydrogens is 881 g/mol. The van der Waals surface area contributed by atoms with Gasteiger partial charge in [0.1, 0.15) is 0 Å². The lowest BCUT2D eigenvalue weighted by atomic mass is 10.0. The normalized spacial score (nSPS) is 11.5. The van der Waals surface area contributed by atoms with Crippen molar-refractivity contribution in [2.24, 2.45) is 0 Å². The van der Waals surface area contributed by atoms with Crippen LogP contribution >= 0.6 is 56.7 Å². The lowest BCUT2D eigenvalue weighted by molar-refractivity contribution is 0.795. The molecule has 65 heavy (non-hydrogen) atoms. The van der Waals surface area contributed by atoms with Gasteiger partial charge in [0.15, 0.2) is 0 Å². The Kier molecular flexibility index (Phi) is 15.3. The van der Waals surface area contributed by atoms with Crippen LogP contribution in [-0.4, -0.2) is 0 Å². The van der Waals surface area contributed by atoms with E-state index in [9.17, 15) is 0 Å². The van der Waals surface area contributed by atoms with Gasteiger partial charge in [-0.25, -0.2) is 0 Å². The third-order valence-electron chi connectivity index (χ3n) is 12.5. The zero-order chi connectivity index (χ0) is 44.5. The molecule has 0 nitrogen and oxygen atoms in total. The van der Waals surface area contributed by atoms with Crippen LogP contribution in [-0.2, 0) is 25.7 Å². The van der Waals surface area contributed by atoms with E-state index >= 15 is 0 Å². The number of rotatable bonds is 20. The van der Waals surface area contributed by atoms with Crippen molar-refractivity contribution in [3.8, 4) is 82.2 Å². The Balaban J connectivity index is 1.18. The highest BCUT2D eigenvalue weighted by atomic mass is 32.1. The maximum atomic E-state index is 2.40. The van der Waals surface area contributed by atoms with E-state index in [1.807, 2.05) is 56.7 Å². The summed E-state index contributed by atoms with van der Waals surface area (Å²) >= 11 is 9.73. The van der Waals surface area contributed by atoms with Crippen LogP contribution in [0.2, 0.25) is 0 Å². The highest BCUT2D eigenvalue weighted by Crippen LogP contribution is 2.58. The van der Waals surface area contributed by atoms with Crippen LogP contribution in [0, 0.1) is 0 Å². The summed E-state index contributed by atoms with van der Waals surface area (Å²) in [6.45, 7) is 9.09. The van der Waals surface area contributed by atoms with Crippen molar-refractivity contribution in [1.82, 2.24) is 0 Å². The van der Waals surface area contributed by atoms with Crippen LogP contribution in [0.3, 0.4) is 0 Å². The van der Waals surface area contributed by atoms with Gasteiger partial charge in [-0.05, 0) is 144 Å². The Labute approximate surface area is 408 Å². The SMILES string of the molecule is CCCCc1ccc(-c2ccc(-c3sc(-c4ccc(-c5ccc(CCCC)cc5)s4)c(-c4ccc(-c5ccc(CCCC)cc5)s4)c3-c3ccc(-c4ccc(CCCC)cc4)s3)s2)cc1. The van der Waals surface area contributed by atoms with Crippen molar-refractivity contribution in [1.29, 1.82) is 0 Å². The standard InChI is InChI=1S/C60H60S5/c1-5-9-13-41-17-25-45(26-18-41)49-33-37-53(61-49)57-58(54-38-34-50(62-54)46-27-19-42(20-28-46)14-10-6-2)60(56-40-36-52(64-56)48-31-23-44(24-32-48)16-12-8-4)65-59(57)55-39-35-51(63-55)47-29-21-43(22-30-47)15-11-7-3/h17-40H,5-16H2,1-4H3. The molecule has 0 aliphatic rings. The van der Waals surface area contributed by atoms with E-state index in [1.54, 1.807) is 0 Å². The fraction of sp³-hybridized carbons (Fsp3) is 0.267. The van der Waals surface area contributed by atoms with Gasteiger partial charge >= 0.3 is 0 Å². The van der Waals surface area contributed by atoms with Crippen molar-refractivity contribution < 1.29 is 0 Å². The molecule has 0 radical (unpaired) electrons. The van der Waals surface area contributed by atoms with Crippen molar-refractivity contribution in [3.63, 3.8) is 0 Å². The lowest BCUT2D eigenvalue weighted by Crippen LogP contribution is -1.84. The first-order valence-corrected chi connectivity index (χ1v) is 28.0. The second kappa shape index (κ2) is 21.8. The minimum Gasteiger partial charge on any atom is -0.135 e. The largest absolute Gasteiger partial charge is 0.135 e. The van der Waals surface area contributed by atoms with Gasteiger partial charge in [-0.1, -0.05) is 150 Å². The third-order valence-corrected chi connectivity index (χ3v) is 18.6. The maximum absolute atomic E-state index is 2.40. The quantitative estimate of drug-likeness (QED) is 0.0714. The summed E-state index contributed by atoms with van der Waals surface area (Å²) in [4.78, 5) is 13.3. The summed E-state index contributed by atoms with van der Waals surface area (Å²) in [7, 11) is 0. The number of hydrogen-bond donors (Lipinski definition) is 0. The molecule has 0 N–H and O–H groups in total. The predicted octanol–water partition coefficient (Wildman–Crippen LogP) is 20.7. The lowest BCUT2D eigenvalue weighted by Gasteiger charge is -2.07. The van der Waals surface area contributed by atoms with E-state index in [0.29, 0.717) is 0 Å². The molecule has 5 heterocycles. The Morgan fingerprint density at radius 2 is 0.477 bits per heavy atom.